The third-order valence-corrected chi connectivity index (χ3v) is 6.59. The van der Waals surface area contributed by atoms with E-state index in [2.05, 4.69) is 5.32 Å². The highest BCUT2D eigenvalue weighted by atomic mass is 32.2. The van der Waals surface area contributed by atoms with Crippen molar-refractivity contribution >= 4 is 21.6 Å². The maximum absolute atomic E-state index is 12.7. The monoisotopic (exact) mass is 438 g/mol. The molecule has 162 valence electrons. The summed E-state index contributed by atoms with van der Waals surface area (Å²) in [6.45, 7) is 4.61. The molecule has 0 unspecified atom stereocenters. The van der Waals surface area contributed by atoms with Gasteiger partial charge in [0.1, 0.15) is 5.75 Å². The molecule has 0 aromatic heterocycles. The molecule has 6 nitrogen and oxygen atoms in total. The first-order valence-corrected chi connectivity index (χ1v) is 11.4. The van der Waals surface area contributed by atoms with Crippen LogP contribution in [0.3, 0.4) is 0 Å². The predicted octanol–water partition coefficient (Wildman–Crippen LogP) is 4.47. The van der Waals surface area contributed by atoms with Crippen LogP contribution in [-0.4, -0.2) is 32.3 Å². The van der Waals surface area contributed by atoms with Gasteiger partial charge in [-0.25, -0.2) is 8.42 Å². The number of sulfonamides is 1. The number of rotatable bonds is 8. The number of hydrogen-bond acceptors (Lipinski definition) is 4. The van der Waals surface area contributed by atoms with Crippen molar-refractivity contribution in [3.8, 4) is 5.75 Å². The Morgan fingerprint density at radius 2 is 1.55 bits per heavy atom. The molecule has 0 aliphatic rings. The van der Waals surface area contributed by atoms with Crippen molar-refractivity contribution in [3.63, 3.8) is 0 Å². The molecule has 0 fully saturated rings. The number of nitrogens with zero attached hydrogens (tertiary/aromatic N) is 1. The van der Waals surface area contributed by atoms with Crippen LogP contribution < -0.4 is 10.1 Å². The molecule has 1 amide bonds. The lowest BCUT2D eigenvalue weighted by atomic mass is 10.1. The van der Waals surface area contributed by atoms with Gasteiger partial charge in [-0.1, -0.05) is 29.8 Å². The first kappa shape index (κ1) is 22.5. The van der Waals surface area contributed by atoms with Crippen LogP contribution in [0.1, 0.15) is 28.4 Å². The first-order chi connectivity index (χ1) is 14.8. The summed E-state index contributed by atoms with van der Waals surface area (Å²) in [4.78, 5) is 12.7. The highest BCUT2D eigenvalue weighted by Crippen LogP contribution is 2.19. The quantitative estimate of drug-likeness (QED) is 0.563. The number of nitrogens with one attached hydrogen (secondary N) is 1. The van der Waals surface area contributed by atoms with Crippen LogP contribution in [0.15, 0.2) is 77.7 Å². The largest absolute Gasteiger partial charge is 0.494 e. The van der Waals surface area contributed by atoms with E-state index in [0.717, 1.165) is 16.9 Å². The van der Waals surface area contributed by atoms with Gasteiger partial charge in [0.15, 0.2) is 0 Å². The SMILES string of the molecule is CCOc1ccc(NC(=O)c2ccc(CN(C)S(=O)(=O)c3ccc(C)cc3)cc2)cc1. The summed E-state index contributed by atoms with van der Waals surface area (Å²) in [6.07, 6.45) is 0. The summed E-state index contributed by atoms with van der Waals surface area (Å²) in [6, 6.07) is 20.8. The van der Waals surface area contributed by atoms with Crippen molar-refractivity contribution in [2.45, 2.75) is 25.3 Å². The first-order valence-electron chi connectivity index (χ1n) is 9.96. The third kappa shape index (κ3) is 5.71. The lowest BCUT2D eigenvalue weighted by Crippen LogP contribution is -2.26. The molecule has 0 aliphatic heterocycles. The Morgan fingerprint density at radius 3 is 2.13 bits per heavy atom. The van der Waals surface area contributed by atoms with E-state index >= 15 is 0 Å². The molecule has 0 atom stereocenters. The summed E-state index contributed by atoms with van der Waals surface area (Å²) in [5, 5.41) is 2.84. The van der Waals surface area contributed by atoms with Gasteiger partial charge in [0.25, 0.3) is 5.91 Å². The summed E-state index contributed by atoms with van der Waals surface area (Å²) >= 11 is 0. The number of ether oxygens (including phenoxy) is 1. The van der Waals surface area contributed by atoms with Crippen molar-refractivity contribution in [2.24, 2.45) is 0 Å². The van der Waals surface area contributed by atoms with Gasteiger partial charge in [-0.3, -0.25) is 4.79 Å². The van der Waals surface area contributed by atoms with Crippen molar-refractivity contribution < 1.29 is 17.9 Å². The molecule has 1 N–H and O–H groups in total. The Labute approximate surface area is 183 Å². The van der Waals surface area contributed by atoms with E-state index in [4.69, 9.17) is 4.74 Å². The van der Waals surface area contributed by atoms with E-state index in [-0.39, 0.29) is 17.3 Å². The molecule has 0 saturated heterocycles. The Morgan fingerprint density at radius 1 is 0.935 bits per heavy atom. The fourth-order valence-electron chi connectivity index (χ4n) is 3.00. The van der Waals surface area contributed by atoms with Crippen molar-refractivity contribution in [1.82, 2.24) is 4.31 Å². The maximum atomic E-state index is 12.7. The maximum Gasteiger partial charge on any atom is 0.255 e. The summed E-state index contributed by atoms with van der Waals surface area (Å²) < 4.78 is 32.2. The molecule has 0 aliphatic carbocycles. The van der Waals surface area contributed by atoms with Crippen molar-refractivity contribution in [2.75, 3.05) is 19.0 Å². The van der Waals surface area contributed by atoms with Gasteiger partial charge in [0.2, 0.25) is 10.0 Å². The van der Waals surface area contributed by atoms with Crippen molar-refractivity contribution in [1.29, 1.82) is 0 Å². The van der Waals surface area contributed by atoms with Crippen LogP contribution in [0.2, 0.25) is 0 Å². The molecule has 3 aromatic rings. The van der Waals surface area contributed by atoms with E-state index in [1.54, 1.807) is 79.8 Å². The molecule has 7 heteroatoms. The zero-order valence-electron chi connectivity index (χ0n) is 17.8. The molecule has 0 heterocycles. The van der Waals surface area contributed by atoms with Crippen LogP contribution in [0.25, 0.3) is 0 Å². The highest BCUT2D eigenvalue weighted by molar-refractivity contribution is 7.89. The molecule has 0 spiro atoms. The standard InChI is InChI=1S/C24H26N2O4S/c1-4-30-22-13-11-21(12-14-22)25-24(27)20-9-7-19(8-10-20)17-26(3)31(28,29)23-15-5-18(2)6-16-23/h5-16H,4,17H2,1-3H3,(H,25,27). The van der Waals surface area contributed by atoms with Crippen molar-refractivity contribution in [3.05, 3.63) is 89.5 Å². The van der Waals surface area contributed by atoms with Gasteiger partial charge in [-0.2, -0.15) is 4.31 Å². The average molecular weight is 439 g/mol. The van der Waals surface area contributed by atoms with Crippen LogP contribution in [0, 0.1) is 6.92 Å². The molecule has 31 heavy (non-hydrogen) atoms. The highest BCUT2D eigenvalue weighted by Gasteiger charge is 2.20. The molecular formula is C24H26N2O4S. The van der Waals surface area contributed by atoms with E-state index in [1.807, 2.05) is 13.8 Å². The van der Waals surface area contributed by atoms with Gasteiger partial charge in [0, 0.05) is 24.8 Å². The minimum atomic E-state index is -3.59. The molecular weight excluding hydrogens is 412 g/mol. The number of hydrogen-bond donors (Lipinski definition) is 1. The van der Waals surface area contributed by atoms with Gasteiger partial charge in [-0.15, -0.1) is 0 Å². The summed E-state index contributed by atoms with van der Waals surface area (Å²) in [5.74, 6) is 0.505. The lowest BCUT2D eigenvalue weighted by Gasteiger charge is -2.17. The molecule has 0 radical (unpaired) electrons. The number of anilines is 1. The smallest absolute Gasteiger partial charge is 0.255 e. The van der Waals surface area contributed by atoms with Gasteiger partial charge >= 0.3 is 0 Å². The molecule has 0 saturated carbocycles. The normalized spacial score (nSPS) is 11.4. The topological polar surface area (TPSA) is 75.7 Å². The van der Waals surface area contributed by atoms with Crippen LogP contribution in [0.4, 0.5) is 5.69 Å². The second kappa shape index (κ2) is 9.76. The van der Waals surface area contributed by atoms with E-state index in [1.165, 1.54) is 4.31 Å². The second-order valence-corrected chi connectivity index (χ2v) is 9.23. The molecule has 3 rings (SSSR count). The summed E-state index contributed by atoms with van der Waals surface area (Å²) in [5.41, 5.74) is 2.94. The third-order valence-electron chi connectivity index (χ3n) is 4.77. The number of carbonyl (C=O) groups excluding carboxylic acids is 1. The Bertz CT molecular complexity index is 1120. The number of carbonyl (C=O) groups is 1. The predicted molar refractivity (Wildman–Crippen MR) is 122 cm³/mol. The zero-order chi connectivity index (χ0) is 22.4. The van der Waals surface area contributed by atoms with Gasteiger partial charge < -0.3 is 10.1 Å². The Hall–Kier alpha value is -3.16. The van der Waals surface area contributed by atoms with Crippen LogP contribution in [0.5, 0.6) is 5.75 Å². The van der Waals surface area contributed by atoms with E-state index in [9.17, 15) is 13.2 Å². The second-order valence-electron chi connectivity index (χ2n) is 7.18. The molecule has 3 aromatic carbocycles. The van der Waals surface area contributed by atoms with E-state index in [0.29, 0.717) is 17.9 Å². The fraction of sp³-hybridized carbons (Fsp3) is 0.208. The average Bonchev–Trinajstić information content (AvgIpc) is 2.76. The van der Waals surface area contributed by atoms with Crippen LogP contribution in [-0.2, 0) is 16.6 Å². The van der Waals surface area contributed by atoms with E-state index < -0.39 is 10.0 Å². The number of amides is 1. The fourth-order valence-corrected chi connectivity index (χ4v) is 4.16. The Kier molecular flexibility index (Phi) is 7.09. The van der Waals surface area contributed by atoms with Crippen LogP contribution >= 0.6 is 0 Å². The molecule has 0 bridgehead atoms. The Balaban J connectivity index is 1.64. The minimum absolute atomic E-state index is 0.205. The van der Waals surface area contributed by atoms with Gasteiger partial charge in [-0.05, 0) is 67.9 Å². The number of benzene rings is 3. The lowest BCUT2D eigenvalue weighted by molar-refractivity contribution is 0.102. The van der Waals surface area contributed by atoms with Gasteiger partial charge in [0.05, 0.1) is 11.5 Å². The zero-order valence-corrected chi connectivity index (χ0v) is 18.6. The number of aryl methyl sites for hydroxylation is 1. The minimum Gasteiger partial charge on any atom is -0.494 e. The summed E-state index contributed by atoms with van der Waals surface area (Å²) in [7, 11) is -2.04.